The van der Waals surface area contributed by atoms with E-state index in [1.165, 1.54) is 0 Å². The third-order valence-corrected chi connectivity index (χ3v) is 4.71. The van der Waals surface area contributed by atoms with E-state index < -0.39 is 27.6 Å². The van der Waals surface area contributed by atoms with Gasteiger partial charge in [0.05, 0.1) is 17.6 Å². The zero-order chi connectivity index (χ0) is 18.6. The van der Waals surface area contributed by atoms with Gasteiger partial charge >= 0.3 is 0 Å². The van der Waals surface area contributed by atoms with Gasteiger partial charge in [0.1, 0.15) is 11.6 Å². The molecule has 0 aromatic heterocycles. The highest BCUT2D eigenvalue weighted by molar-refractivity contribution is 7.92. The highest BCUT2D eigenvalue weighted by atomic mass is 32.2. The maximum atomic E-state index is 13.6. The predicted molar refractivity (Wildman–Crippen MR) is 93.0 cm³/mol. The van der Waals surface area contributed by atoms with E-state index in [0.29, 0.717) is 11.8 Å². The maximum absolute atomic E-state index is 13.6. The lowest BCUT2D eigenvalue weighted by atomic mass is 10.2. The fraction of sp³-hybridized carbons (Fsp3) is 0.235. The third kappa shape index (κ3) is 4.99. The number of aryl methyl sites for hydroxylation is 1. The molecule has 0 bridgehead atoms. The lowest BCUT2D eigenvalue weighted by molar-refractivity contribution is -0.116. The van der Waals surface area contributed by atoms with Crippen molar-refractivity contribution in [3.63, 3.8) is 0 Å². The molecule has 5 nitrogen and oxygen atoms in total. The molecule has 0 aliphatic carbocycles. The summed E-state index contributed by atoms with van der Waals surface area (Å²) >= 11 is 0. The summed E-state index contributed by atoms with van der Waals surface area (Å²) in [6.45, 7) is 1.67. The summed E-state index contributed by atoms with van der Waals surface area (Å²) in [5.41, 5.74) is 1.07. The Bertz CT molecular complexity index is 885. The van der Waals surface area contributed by atoms with E-state index in [9.17, 15) is 22.0 Å². The Morgan fingerprint density at radius 1 is 1.16 bits per heavy atom. The second-order valence-electron chi connectivity index (χ2n) is 5.54. The molecule has 0 unspecified atom stereocenters. The van der Waals surface area contributed by atoms with Crippen LogP contribution in [-0.4, -0.2) is 27.1 Å². The topological polar surface area (TPSA) is 66.5 Å². The number of hydrogen-bond donors (Lipinski definition) is 1. The molecule has 2 rings (SSSR count). The van der Waals surface area contributed by atoms with Crippen molar-refractivity contribution in [2.45, 2.75) is 13.3 Å². The van der Waals surface area contributed by atoms with Crippen LogP contribution in [0.5, 0.6) is 0 Å². The van der Waals surface area contributed by atoms with Crippen molar-refractivity contribution in [2.75, 3.05) is 22.4 Å². The minimum atomic E-state index is -3.59. The number of nitrogens with one attached hydrogen (secondary N) is 1. The van der Waals surface area contributed by atoms with Crippen LogP contribution in [0.4, 0.5) is 20.2 Å². The highest BCUT2D eigenvalue weighted by Crippen LogP contribution is 2.22. The summed E-state index contributed by atoms with van der Waals surface area (Å²) in [5.74, 6) is -2.22. The van der Waals surface area contributed by atoms with Crippen LogP contribution in [0.15, 0.2) is 42.5 Å². The van der Waals surface area contributed by atoms with Gasteiger partial charge in [-0.25, -0.2) is 17.2 Å². The molecule has 0 spiro atoms. The summed E-state index contributed by atoms with van der Waals surface area (Å²) in [6.07, 6.45) is 0.870. The van der Waals surface area contributed by atoms with Gasteiger partial charge in [-0.3, -0.25) is 9.10 Å². The Morgan fingerprint density at radius 2 is 1.84 bits per heavy atom. The number of halogens is 2. The first-order valence-electron chi connectivity index (χ1n) is 7.47. The Labute approximate surface area is 145 Å². The average Bonchev–Trinajstić information content (AvgIpc) is 2.51. The number of benzene rings is 2. The molecule has 0 fully saturated rings. The Balaban J connectivity index is 2.11. The first kappa shape index (κ1) is 18.9. The van der Waals surface area contributed by atoms with Gasteiger partial charge < -0.3 is 5.32 Å². The van der Waals surface area contributed by atoms with E-state index in [2.05, 4.69) is 5.32 Å². The monoisotopic (exact) mass is 368 g/mol. The smallest absolute Gasteiger partial charge is 0.232 e. The van der Waals surface area contributed by atoms with Gasteiger partial charge in [-0.05, 0) is 30.7 Å². The van der Waals surface area contributed by atoms with Gasteiger partial charge in [0, 0.05) is 19.0 Å². The zero-order valence-corrected chi connectivity index (χ0v) is 14.6. The van der Waals surface area contributed by atoms with Crippen LogP contribution in [0.25, 0.3) is 0 Å². The van der Waals surface area contributed by atoms with Crippen molar-refractivity contribution in [3.8, 4) is 0 Å². The Hall–Kier alpha value is -2.48. The summed E-state index contributed by atoms with van der Waals surface area (Å²) in [5, 5.41) is 2.31. The van der Waals surface area contributed by atoms with Crippen molar-refractivity contribution < 1.29 is 22.0 Å². The summed E-state index contributed by atoms with van der Waals surface area (Å²) in [7, 11) is -3.59. The fourth-order valence-corrected chi connectivity index (χ4v) is 3.30. The number of carbonyl (C=O) groups excluding carboxylic acids is 1. The molecule has 0 saturated heterocycles. The number of para-hydroxylation sites is 1. The van der Waals surface area contributed by atoms with E-state index in [1.54, 1.807) is 31.2 Å². The molecule has 0 aliphatic rings. The molecule has 2 aromatic rings. The number of carbonyl (C=O) groups is 1. The second-order valence-corrected chi connectivity index (χ2v) is 7.45. The lowest BCUT2D eigenvalue weighted by Gasteiger charge is -2.23. The van der Waals surface area contributed by atoms with Crippen LogP contribution < -0.4 is 9.62 Å². The van der Waals surface area contributed by atoms with Crippen LogP contribution in [0.2, 0.25) is 0 Å². The van der Waals surface area contributed by atoms with Gasteiger partial charge in [-0.15, -0.1) is 0 Å². The minimum Gasteiger partial charge on any atom is -0.324 e. The first-order chi connectivity index (χ1) is 11.7. The fourth-order valence-electron chi connectivity index (χ4n) is 2.31. The van der Waals surface area contributed by atoms with Crippen molar-refractivity contribution in [3.05, 3.63) is 59.7 Å². The van der Waals surface area contributed by atoms with E-state index in [0.717, 1.165) is 28.3 Å². The number of anilines is 2. The van der Waals surface area contributed by atoms with Crippen molar-refractivity contribution in [2.24, 2.45) is 0 Å². The largest absolute Gasteiger partial charge is 0.324 e. The minimum absolute atomic E-state index is 0.0989. The predicted octanol–water partition coefficient (Wildman–Crippen LogP) is 3.07. The van der Waals surface area contributed by atoms with Gasteiger partial charge in [0.15, 0.2) is 0 Å². The van der Waals surface area contributed by atoms with Crippen molar-refractivity contribution >= 4 is 27.3 Å². The van der Waals surface area contributed by atoms with E-state index in [1.807, 2.05) is 0 Å². The molecule has 0 aliphatic heterocycles. The SMILES string of the molecule is Cc1ccccc1N(CCC(=O)Nc1ccc(F)cc1F)S(C)(=O)=O. The van der Waals surface area contributed by atoms with Crippen LogP contribution in [0.3, 0.4) is 0 Å². The first-order valence-corrected chi connectivity index (χ1v) is 9.31. The zero-order valence-electron chi connectivity index (χ0n) is 13.8. The van der Waals surface area contributed by atoms with Gasteiger partial charge in [-0.1, -0.05) is 18.2 Å². The molecule has 1 N–H and O–H groups in total. The van der Waals surface area contributed by atoms with Gasteiger partial charge in [-0.2, -0.15) is 0 Å². The number of sulfonamides is 1. The van der Waals surface area contributed by atoms with Gasteiger partial charge in [0.25, 0.3) is 0 Å². The molecule has 8 heteroatoms. The quantitative estimate of drug-likeness (QED) is 0.852. The van der Waals surface area contributed by atoms with Crippen molar-refractivity contribution in [1.29, 1.82) is 0 Å². The average molecular weight is 368 g/mol. The lowest BCUT2D eigenvalue weighted by Crippen LogP contribution is -2.33. The summed E-state index contributed by atoms with van der Waals surface area (Å²) < 4.78 is 51.6. The normalized spacial score (nSPS) is 11.2. The van der Waals surface area contributed by atoms with E-state index in [4.69, 9.17) is 0 Å². The molecule has 0 heterocycles. The summed E-state index contributed by atoms with van der Waals surface area (Å²) in [4.78, 5) is 12.0. The molecular formula is C17H18F2N2O3S. The van der Waals surface area contributed by atoms with Crippen molar-refractivity contribution in [1.82, 2.24) is 0 Å². The molecule has 1 amide bonds. The number of rotatable bonds is 6. The van der Waals surface area contributed by atoms with Crippen LogP contribution in [-0.2, 0) is 14.8 Å². The third-order valence-electron chi connectivity index (χ3n) is 3.53. The number of nitrogens with zero attached hydrogens (tertiary/aromatic N) is 1. The Kier molecular flexibility index (Phi) is 5.73. The number of hydrogen-bond acceptors (Lipinski definition) is 3. The molecular weight excluding hydrogens is 350 g/mol. The summed E-state index contributed by atoms with van der Waals surface area (Å²) in [6, 6.07) is 9.69. The molecule has 0 radical (unpaired) electrons. The van der Waals surface area contributed by atoms with Crippen LogP contribution in [0.1, 0.15) is 12.0 Å². The standard InChI is InChI=1S/C17H18F2N2O3S/c1-12-5-3-4-6-16(12)21(25(2,23)24)10-9-17(22)20-15-8-7-13(18)11-14(15)19/h3-8,11H,9-10H2,1-2H3,(H,20,22). The molecule has 134 valence electrons. The van der Waals surface area contributed by atoms with Crippen LogP contribution >= 0.6 is 0 Å². The highest BCUT2D eigenvalue weighted by Gasteiger charge is 2.20. The van der Waals surface area contributed by atoms with Crippen LogP contribution in [0, 0.1) is 18.6 Å². The molecule has 2 aromatic carbocycles. The second kappa shape index (κ2) is 7.60. The Morgan fingerprint density at radius 3 is 2.44 bits per heavy atom. The van der Waals surface area contributed by atoms with Gasteiger partial charge in [0.2, 0.25) is 15.9 Å². The molecule has 25 heavy (non-hydrogen) atoms. The maximum Gasteiger partial charge on any atom is 0.232 e. The molecule has 0 atom stereocenters. The molecule has 0 saturated carbocycles. The van der Waals surface area contributed by atoms with E-state index in [-0.39, 0.29) is 18.7 Å². The van der Waals surface area contributed by atoms with E-state index >= 15 is 0 Å². The number of amides is 1.